The second-order valence-corrected chi connectivity index (χ2v) is 7.60. The standard InChI is InChI=1S/C20H19N3O3S/c1-12-7-9-13(10-8-12)17-18(26-11-16(24)23(17)2)19(25)22-20-21-14-5-3-4-6-15(14)27-20/h3-10,17-18H,11H2,1-2H3,(H,21,22,25)/t17-,18-/m1/s1. The Balaban J connectivity index is 1.61. The summed E-state index contributed by atoms with van der Waals surface area (Å²) in [6, 6.07) is 15.0. The van der Waals surface area contributed by atoms with Crippen LogP contribution >= 0.6 is 11.3 Å². The number of likely N-dealkylation sites (N-methyl/N-ethyl adjacent to an activating group) is 1. The molecule has 1 saturated heterocycles. The smallest absolute Gasteiger partial charge is 0.257 e. The highest BCUT2D eigenvalue weighted by atomic mass is 32.1. The van der Waals surface area contributed by atoms with E-state index in [1.54, 1.807) is 11.9 Å². The minimum atomic E-state index is -0.803. The van der Waals surface area contributed by atoms with Gasteiger partial charge in [0.15, 0.2) is 11.2 Å². The molecule has 2 aromatic carbocycles. The Kier molecular flexibility index (Phi) is 4.63. The van der Waals surface area contributed by atoms with Gasteiger partial charge in [0.25, 0.3) is 5.91 Å². The quantitative estimate of drug-likeness (QED) is 0.757. The highest BCUT2D eigenvalue weighted by Gasteiger charge is 2.40. The number of rotatable bonds is 3. The molecule has 0 saturated carbocycles. The van der Waals surface area contributed by atoms with Crippen molar-refractivity contribution >= 4 is 38.5 Å². The summed E-state index contributed by atoms with van der Waals surface area (Å²) in [5.41, 5.74) is 2.81. The number of nitrogens with one attached hydrogen (secondary N) is 1. The topological polar surface area (TPSA) is 71.5 Å². The molecular formula is C20H19N3O3S. The fourth-order valence-corrected chi connectivity index (χ4v) is 4.06. The SMILES string of the molecule is Cc1ccc([C@@H]2[C@H](C(=O)Nc3nc4ccccc4s3)OCC(=O)N2C)cc1. The number of carbonyl (C=O) groups is 2. The van der Waals surface area contributed by atoms with Gasteiger partial charge in [0.2, 0.25) is 5.91 Å². The first-order chi connectivity index (χ1) is 13.0. The summed E-state index contributed by atoms with van der Waals surface area (Å²) < 4.78 is 6.64. The molecule has 2 atom stereocenters. The maximum atomic E-state index is 12.9. The van der Waals surface area contributed by atoms with Gasteiger partial charge in [-0.2, -0.15) is 0 Å². The molecule has 4 rings (SSSR count). The Morgan fingerprint density at radius 1 is 1.22 bits per heavy atom. The molecule has 0 spiro atoms. The van der Waals surface area contributed by atoms with Gasteiger partial charge >= 0.3 is 0 Å². The Hall–Kier alpha value is -2.77. The summed E-state index contributed by atoms with van der Waals surface area (Å²) >= 11 is 1.41. The molecule has 1 aliphatic heterocycles. The average molecular weight is 381 g/mol. The average Bonchev–Trinajstić information content (AvgIpc) is 3.07. The Morgan fingerprint density at radius 2 is 1.96 bits per heavy atom. The number of ether oxygens (including phenoxy) is 1. The van der Waals surface area contributed by atoms with Gasteiger partial charge in [-0.15, -0.1) is 0 Å². The normalized spacial score (nSPS) is 20.1. The summed E-state index contributed by atoms with van der Waals surface area (Å²) in [4.78, 5) is 31.1. The van der Waals surface area contributed by atoms with Crippen LogP contribution in [0.25, 0.3) is 10.2 Å². The molecule has 27 heavy (non-hydrogen) atoms. The van der Waals surface area contributed by atoms with E-state index in [-0.39, 0.29) is 18.4 Å². The van der Waals surface area contributed by atoms with Gasteiger partial charge in [-0.1, -0.05) is 53.3 Å². The van der Waals surface area contributed by atoms with Gasteiger partial charge in [0, 0.05) is 7.05 Å². The third kappa shape index (κ3) is 3.43. The number of morpholine rings is 1. The molecule has 1 N–H and O–H groups in total. The highest BCUT2D eigenvalue weighted by Crippen LogP contribution is 2.31. The molecule has 1 aliphatic rings. The largest absolute Gasteiger partial charge is 0.356 e. The lowest BCUT2D eigenvalue weighted by Gasteiger charge is -2.38. The third-order valence-electron chi connectivity index (χ3n) is 4.69. The maximum Gasteiger partial charge on any atom is 0.257 e. The summed E-state index contributed by atoms with van der Waals surface area (Å²) in [5, 5.41) is 3.37. The fourth-order valence-electron chi connectivity index (χ4n) is 3.20. The van der Waals surface area contributed by atoms with E-state index in [9.17, 15) is 9.59 Å². The number of carbonyl (C=O) groups excluding carboxylic acids is 2. The van der Waals surface area contributed by atoms with Crippen LogP contribution in [0.3, 0.4) is 0 Å². The van der Waals surface area contributed by atoms with Crippen LogP contribution in [0.5, 0.6) is 0 Å². The number of benzene rings is 2. The first kappa shape index (κ1) is 17.6. The number of aromatic nitrogens is 1. The molecule has 6 nitrogen and oxygen atoms in total. The van der Waals surface area contributed by atoms with Crippen molar-refractivity contribution in [3.05, 3.63) is 59.7 Å². The zero-order valence-corrected chi connectivity index (χ0v) is 15.8. The lowest BCUT2D eigenvalue weighted by atomic mass is 9.97. The number of aryl methyl sites for hydroxylation is 1. The lowest BCUT2D eigenvalue weighted by Crippen LogP contribution is -2.51. The molecule has 3 aromatic rings. The van der Waals surface area contributed by atoms with Crippen molar-refractivity contribution in [3.63, 3.8) is 0 Å². The van der Waals surface area contributed by atoms with E-state index in [0.29, 0.717) is 5.13 Å². The van der Waals surface area contributed by atoms with Gasteiger partial charge in [-0.05, 0) is 24.6 Å². The molecule has 1 aromatic heterocycles. The van der Waals surface area contributed by atoms with E-state index < -0.39 is 12.1 Å². The molecular weight excluding hydrogens is 362 g/mol. The molecule has 0 aliphatic carbocycles. The molecule has 2 amide bonds. The van der Waals surface area contributed by atoms with Crippen molar-refractivity contribution in [3.8, 4) is 0 Å². The van der Waals surface area contributed by atoms with Gasteiger partial charge in [-0.25, -0.2) is 4.98 Å². The van der Waals surface area contributed by atoms with Crippen molar-refractivity contribution in [2.45, 2.75) is 19.1 Å². The van der Waals surface area contributed by atoms with Gasteiger partial charge in [-0.3, -0.25) is 14.9 Å². The van der Waals surface area contributed by atoms with Gasteiger partial charge in [0.05, 0.1) is 16.3 Å². The predicted octanol–water partition coefficient (Wildman–Crippen LogP) is 3.14. The van der Waals surface area contributed by atoms with Crippen molar-refractivity contribution in [2.75, 3.05) is 19.0 Å². The van der Waals surface area contributed by atoms with Crippen LogP contribution in [0.15, 0.2) is 48.5 Å². The molecule has 0 bridgehead atoms. The maximum absolute atomic E-state index is 12.9. The summed E-state index contributed by atoms with van der Waals surface area (Å²) in [5.74, 6) is -0.455. The van der Waals surface area contributed by atoms with E-state index >= 15 is 0 Å². The summed E-state index contributed by atoms with van der Waals surface area (Å²) in [7, 11) is 1.70. The fraction of sp³-hybridized carbons (Fsp3) is 0.250. The molecule has 138 valence electrons. The van der Waals surface area contributed by atoms with Crippen LogP contribution in [-0.4, -0.2) is 41.5 Å². The molecule has 7 heteroatoms. The lowest BCUT2D eigenvalue weighted by molar-refractivity contribution is -0.160. The Morgan fingerprint density at radius 3 is 2.70 bits per heavy atom. The second-order valence-electron chi connectivity index (χ2n) is 6.57. The van der Waals surface area contributed by atoms with E-state index in [1.165, 1.54) is 11.3 Å². The van der Waals surface area contributed by atoms with Crippen molar-refractivity contribution < 1.29 is 14.3 Å². The Bertz CT molecular complexity index is 966. The van der Waals surface area contributed by atoms with E-state index in [0.717, 1.165) is 21.3 Å². The number of amides is 2. The number of anilines is 1. The first-order valence-corrected chi connectivity index (χ1v) is 9.45. The number of thiazole rings is 1. The number of hydrogen-bond acceptors (Lipinski definition) is 5. The van der Waals surface area contributed by atoms with Crippen LogP contribution in [-0.2, 0) is 14.3 Å². The Labute approximate surface area is 160 Å². The number of nitrogens with zero attached hydrogens (tertiary/aromatic N) is 2. The zero-order chi connectivity index (χ0) is 19.0. The van der Waals surface area contributed by atoms with Crippen LogP contribution in [0, 0.1) is 6.92 Å². The van der Waals surface area contributed by atoms with Crippen LogP contribution < -0.4 is 5.32 Å². The monoisotopic (exact) mass is 381 g/mol. The van der Waals surface area contributed by atoms with Crippen molar-refractivity contribution in [1.29, 1.82) is 0 Å². The van der Waals surface area contributed by atoms with Gasteiger partial charge in [0.1, 0.15) is 6.61 Å². The molecule has 0 radical (unpaired) electrons. The number of fused-ring (bicyclic) bond motifs is 1. The van der Waals surface area contributed by atoms with Crippen LogP contribution in [0.2, 0.25) is 0 Å². The number of para-hydroxylation sites is 1. The van der Waals surface area contributed by atoms with Crippen molar-refractivity contribution in [1.82, 2.24) is 9.88 Å². The van der Waals surface area contributed by atoms with E-state index in [4.69, 9.17) is 4.74 Å². The molecule has 2 heterocycles. The van der Waals surface area contributed by atoms with Gasteiger partial charge < -0.3 is 9.64 Å². The minimum Gasteiger partial charge on any atom is -0.356 e. The zero-order valence-electron chi connectivity index (χ0n) is 15.0. The minimum absolute atomic E-state index is 0.114. The molecule has 0 unspecified atom stereocenters. The van der Waals surface area contributed by atoms with E-state index in [1.807, 2.05) is 55.5 Å². The third-order valence-corrected chi connectivity index (χ3v) is 5.64. The number of hydrogen-bond donors (Lipinski definition) is 1. The summed E-state index contributed by atoms with van der Waals surface area (Å²) in [6.45, 7) is 1.88. The van der Waals surface area contributed by atoms with Crippen LogP contribution in [0.4, 0.5) is 5.13 Å². The highest BCUT2D eigenvalue weighted by molar-refractivity contribution is 7.22. The van der Waals surface area contributed by atoms with Crippen molar-refractivity contribution in [2.24, 2.45) is 0 Å². The molecule has 1 fully saturated rings. The van der Waals surface area contributed by atoms with E-state index in [2.05, 4.69) is 10.3 Å². The predicted molar refractivity (Wildman–Crippen MR) is 105 cm³/mol. The summed E-state index contributed by atoms with van der Waals surface area (Å²) in [6.07, 6.45) is -0.803. The van der Waals surface area contributed by atoms with Crippen LogP contribution in [0.1, 0.15) is 17.2 Å². The second kappa shape index (κ2) is 7.09. The first-order valence-electron chi connectivity index (χ1n) is 8.63.